The first-order valence-electron chi connectivity index (χ1n) is 5.73. The minimum absolute atomic E-state index is 0.217. The second kappa shape index (κ2) is 4.85. The Morgan fingerprint density at radius 2 is 2.11 bits per heavy atom. The summed E-state index contributed by atoms with van der Waals surface area (Å²) in [7, 11) is 1.66. The van der Waals surface area contributed by atoms with Crippen molar-refractivity contribution in [3.63, 3.8) is 0 Å². The maximum absolute atomic E-state index is 5.82. The van der Waals surface area contributed by atoms with E-state index in [1.165, 1.54) is 0 Å². The van der Waals surface area contributed by atoms with Crippen LogP contribution >= 0.6 is 11.6 Å². The zero-order valence-electron chi connectivity index (χ0n) is 10.2. The van der Waals surface area contributed by atoms with E-state index in [0.29, 0.717) is 12.2 Å². The van der Waals surface area contributed by atoms with Gasteiger partial charge in [-0.05, 0) is 17.7 Å². The van der Waals surface area contributed by atoms with Crippen molar-refractivity contribution >= 4 is 22.8 Å². The zero-order valence-corrected chi connectivity index (χ0v) is 11.0. The average Bonchev–Trinajstić information content (AvgIpc) is 2.82. The molecule has 0 amide bonds. The van der Waals surface area contributed by atoms with E-state index in [0.717, 1.165) is 16.8 Å². The molecule has 0 radical (unpaired) electrons. The van der Waals surface area contributed by atoms with E-state index in [1.807, 2.05) is 28.8 Å². The number of para-hydroxylation sites is 1. The number of rotatable bonds is 3. The van der Waals surface area contributed by atoms with E-state index < -0.39 is 0 Å². The highest BCUT2D eigenvalue weighted by molar-refractivity contribution is 6.28. The van der Waals surface area contributed by atoms with E-state index in [1.54, 1.807) is 19.6 Å². The Labute approximate surface area is 114 Å². The smallest absolute Gasteiger partial charge is 0.224 e. The molecule has 2 heterocycles. The Morgan fingerprint density at radius 1 is 1.26 bits per heavy atom. The second-order valence-corrected chi connectivity index (χ2v) is 4.37. The van der Waals surface area contributed by atoms with Gasteiger partial charge in [-0.3, -0.25) is 0 Å². The van der Waals surface area contributed by atoms with Crippen LogP contribution in [-0.4, -0.2) is 26.6 Å². The Morgan fingerprint density at radius 3 is 2.95 bits per heavy atom. The van der Waals surface area contributed by atoms with Crippen LogP contribution in [0.25, 0.3) is 11.2 Å². The molecule has 0 aliphatic heterocycles. The molecular weight excluding hydrogens is 264 g/mol. The molecule has 96 valence electrons. The van der Waals surface area contributed by atoms with E-state index in [-0.39, 0.29) is 5.28 Å². The number of fused-ring (bicyclic) bond motifs is 1. The van der Waals surface area contributed by atoms with Crippen LogP contribution in [0.2, 0.25) is 5.28 Å². The van der Waals surface area contributed by atoms with Crippen LogP contribution in [-0.2, 0) is 6.54 Å². The van der Waals surface area contributed by atoms with Crippen molar-refractivity contribution in [2.75, 3.05) is 7.11 Å². The van der Waals surface area contributed by atoms with Crippen LogP contribution in [0.3, 0.4) is 0 Å². The molecule has 3 rings (SSSR count). The molecule has 0 unspecified atom stereocenters. The van der Waals surface area contributed by atoms with Crippen LogP contribution in [0.1, 0.15) is 5.56 Å². The fraction of sp³-hybridized carbons (Fsp3) is 0.154. The van der Waals surface area contributed by atoms with E-state index >= 15 is 0 Å². The summed E-state index contributed by atoms with van der Waals surface area (Å²) < 4.78 is 7.25. The van der Waals surface area contributed by atoms with Crippen molar-refractivity contribution in [3.05, 3.63) is 47.6 Å². The summed E-state index contributed by atoms with van der Waals surface area (Å²) in [5, 5.41) is 0.217. The lowest BCUT2D eigenvalue weighted by molar-refractivity contribution is 0.408. The molecule has 1 aromatic carbocycles. The van der Waals surface area contributed by atoms with Gasteiger partial charge in [0.25, 0.3) is 0 Å². The molecule has 3 aromatic rings. The van der Waals surface area contributed by atoms with Crippen LogP contribution in [0.4, 0.5) is 0 Å². The van der Waals surface area contributed by atoms with Gasteiger partial charge in [0, 0.05) is 5.56 Å². The molecule has 0 N–H and O–H groups in total. The first-order valence-corrected chi connectivity index (χ1v) is 6.11. The molecule has 0 aliphatic carbocycles. The van der Waals surface area contributed by atoms with Gasteiger partial charge >= 0.3 is 0 Å². The molecule has 6 heteroatoms. The van der Waals surface area contributed by atoms with Gasteiger partial charge in [0.2, 0.25) is 5.28 Å². The van der Waals surface area contributed by atoms with Crippen LogP contribution in [0.15, 0.2) is 36.8 Å². The van der Waals surface area contributed by atoms with Crippen LogP contribution < -0.4 is 4.74 Å². The summed E-state index contributed by atoms with van der Waals surface area (Å²) in [4.78, 5) is 12.4. The summed E-state index contributed by atoms with van der Waals surface area (Å²) in [5.74, 6) is 0.838. The fourth-order valence-corrected chi connectivity index (χ4v) is 2.10. The van der Waals surface area contributed by atoms with E-state index in [4.69, 9.17) is 16.3 Å². The highest BCUT2D eigenvalue weighted by Gasteiger charge is 2.08. The molecule has 19 heavy (non-hydrogen) atoms. The lowest BCUT2D eigenvalue weighted by atomic mass is 10.2. The molecule has 0 saturated carbocycles. The van der Waals surface area contributed by atoms with Gasteiger partial charge in [-0.15, -0.1) is 0 Å². The summed E-state index contributed by atoms with van der Waals surface area (Å²) in [5.41, 5.74) is 2.49. The monoisotopic (exact) mass is 274 g/mol. The lowest BCUT2D eigenvalue weighted by Gasteiger charge is -2.09. The summed E-state index contributed by atoms with van der Waals surface area (Å²) >= 11 is 5.82. The first kappa shape index (κ1) is 11.9. The van der Waals surface area contributed by atoms with Crippen molar-refractivity contribution in [2.45, 2.75) is 6.54 Å². The van der Waals surface area contributed by atoms with Gasteiger partial charge in [0.05, 0.1) is 26.2 Å². The zero-order chi connectivity index (χ0) is 13.2. The number of methoxy groups -OCH3 is 1. The maximum Gasteiger partial charge on any atom is 0.224 e. The van der Waals surface area contributed by atoms with E-state index in [9.17, 15) is 0 Å². The van der Waals surface area contributed by atoms with Gasteiger partial charge in [0.15, 0.2) is 5.65 Å². The molecule has 0 bridgehead atoms. The molecule has 0 atom stereocenters. The largest absolute Gasteiger partial charge is 0.496 e. The number of hydrogen-bond acceptors (Lipinski definition) is 4. The molecular formula is C13H11ClN4O. The third kappa shape index (κ3) is 2.24. The third-order valence-electron chi connectivity index (χ3n) is 2.86. The topological polar surface area (TPSA) is 52.8 Å². The number of nitrogens with zero attached hydrogens (tertiary/aromatic N) is 4. The molecule has 0 aliphatic rings. The number of benzene rings is 1. The van der Waals surface area contributed by atoms with Crippen LogP contribution in [0, 0.1) is 0 Å². The Kier molecular flexibility index (Phi) is 3.05. The van der Waals surface area contributed by atoms with Gasteiger partial charge < -0.3 is 9.30 Å². The molecule has 0 fully saturated rings. The Hall–Kier alpha value is -2.14. The van der Waals surface area contributed by atoms with Gasteiger partial charge in [-0.2, -0.15) is 4.98 Å². The number of ether oxygens (including phenoxy) is 1. The minimum Gasteiger partial charge on any atom is -0.496 e. The SMILES string of the molecule is COc1ccccc1Cn1cnc2cnc(Cl)nc21. The third-order valence-corrected chi connectivity index (χ3v) is 3.04. The Bertz CT molecular complexity index is 725. The van der Waals surface area contributed by atoms with Crippen molar-refractivity contribution in [1.82, 2.24) is 19.5 Å². The van der Waals surface area contributed by atoms with Gasteiger partial charge in [-0.1, -0.05) is 18.2 Å². The lowest BCUT2D eigenvalue weighted by Crippen LogP contribution is -2.01. The normalized spacial score (nSPS) is 10.8. The first-order chi connectivity index (χ1) is 9.28. The van der Waals surface area contributed by atoms with Crippen molar-refractivity contribution < 1.29 is 4.74 Å². The predicted octanol–water partition coefficient (Wildman–Crippen LogP) is 2.54. The summed E-state index contributed by atoms with van der Waals surface area (Å²) in [6.07, 6.45) is 3.34. The Balaban J connectivity index is 2.03. The number of halogens is 1. The van der Waals surface area contributed by atoms with Gasteiger partial charge in [-0.25, -0.2) is 9.97 Å². The van der Waals surface area contributed by atoms with Gasteiger partial charge in [0.1, 0.15) is 11.3 Å². The number of imidazole rings is 1. The quantitative estimate of drug-likeness (QED) is 0.689. The highest BCUT2D eigenvalue weighted by Crippen LogP contribution is 2.20. The minimum atomic E-state index is 0.217. The standard InChI is InChI=1S/C13H11ClN4O/c1-19-11-5-3-2-4-9(11)7-18-8-16-10-6-15-13(14)17-12(10)18/h2-6,8H,7H2,1H3. The van der Waals surface area contributed by atoms with Crippen molar-refractivity contribution in [1.29, 1.82) is 0 Å². The molecule has 0 saturated heterocycles. The molecule has 5 nitrogen and oxygen atoms in total. The molecule has 2 aromatic heterocycles. The van der Waals surface area contributed by atoms with E-state index in [2.05, 4.69) is 15.0 Å². The fourth-order valence-electron chi connectivity index (χ4n) is 1.97. The second-order valence-electron chi connectivity index (χ2n) is 4.03. The summed E-state index contributed by atoms with van der Waals surface area (Å²) in [6, 6.07) is 7.84. The van der Waals surface area contributed by atoms with Crippen LogP contribution in [0.5, 0.6) is 5.75 Å². The summed E-state index contributed by atoms with van der Waals surface area (Å²) in [6.45, 7) is 0.619. The molecule has 0 spiro atoms. The highest BCUT2D eigenvalue weighted by atomic mass is 35.5. The predicted molar refractivity (Wildman–Crippen MR) is 72.4 cm³/mol. The van der Waals surface area contributed by atoms with Crippen molar-refractivity contribution in [3.8, 4) is 5.75 Å². The average molecular weight is 275 g/mol. The number of hydrogen-bond donors (Lipinski definition) is 0. The maximum atomic E-state index is 5.82. The number of aromatic nitrogens is 4. The van der Waals surface area contributed by atoms with Crippen molar-refractivity contribution in [2.24, 2.45) is 0 Å².